The van der Waals surface area contributed by atoms with Crippen LogP contribution >= 0.6 is 0 Å². The van der Waals surface area contributed by atoms with Crippen molar-refractivity contribution < 1.29 is 20.1 Å². The molecule has 0 aliphatic rings. The van der Waals surface area contributed by atoms with Gasteiger partial charge in [-0.15, -0.1) is 0 Å². The minimum Gasteiger partial charge on any atom is -0.504 e. The first-order chi connectivity index (χ1) is 8.15. The summed E-state index contributed by atoms with van der Waals surface area (Å²) >= 11 is 0. The van der Waals surface area contributed by atoms with Crippen molar-refractivity contribution in [1.29, 1.82) is 0 Å². The first-order valence-corrected chi connectivity index (χ1v) is 5.56. The lowest BCUT2D eigenvalue weighted by Crippen LogP contribution is -2.24. The number of aromatic hydroxyl groups is 2. The lowest BCUT2D eigenvalue weighted by molar-refractivity contribution is 0.0952. The van der Waals surface area contributed by atoms with E-state index in [1.54, 1.807) is 0 Å². The van der Waals surface area contributed by atoms with Gasteiger partial charge in [-0.05, 0) is 37.5 Å². The second-order valence-electron chi connectivity index (χ2n) is 3.74. The fourth-order valence-corrected chi connectivity index (χ4v) is 1.38. The van der Waals surface area contributed by atoms with Crippen LogP contribution in [0.15, 0.2) is 18.2 Å². The zero-order chi connectivity index (χ0) is 12.7. The molecular weight excluding hydrogens is 222 g/mol. The average Bonchev–Trinajstić information content (AvgIpc) is 2.32. The molecule has 0 heterocycles. The minimum atomic E-state index is -0.307. The van der Waals surface area contributed by atoms with E-state index in [2.05, 4.69) is 5.32 Å². The quantitative estimate of drug-likeness (QED) is 0.440. The van der Waals surface area contributed by atoms with Crippen LogP contribution in [0, 0.1) is 0 Å². The number of phenolic OH excluding ortho intramolecular Hbond substituents is 2. The Bertz CT molecular complexity index is 379. The maximum Gasteiger partial charge on any atom is 0.251 e. The van der Waals surface area contributed by atoms with Gasteiger partial charge in [0.15, 0.2) is 11.5 Å². The summed E-state index contributed by atoms with van der Waals surface area (Å²) in [6, 6.07) is 3.94. The molecule has 0 saturated carbocycles. The number of carbonyl (C=O) groups excluding carboxylic acids is 1. The Morgan fingerprint density at radius 1 is 1.12 bits per heavy atom. The smallest absolute Gasteiger partial charge is 0.251 e. The maximum atomic E-state index is 11.6. The van der Waals surface area contributed by atoms with E-state index in [0.717, 1.165) is 19.3 Å². The van der Waals surface area contributed by atoms with Gasteiger partial charge in [0.1, 0.15) is 0 Å². The van der Waals surface area contributed by atoms with Crippen molar-refractivity contribution in [3.63, 3.8) is 0 Å². The van der Waals surface area contributed by atoms with Crippen molar-refractivity contribution in [2.45, 2.75) is 19.3 Å². The zero-order valence-corrected chi connectivity index (χ0v) is 9.52. The number of nitrogens with one attached hydrogen (secondary N) is 1. The molecule has 0 atom stereocenters. The van der Waals surface area contributed by atoms with E-state index in [9.17, 15) is 9.90 Å². The number of phenols is 2. The van der Waals surface area contributed by atoms with Gasteiger partial charge in [0, 0.05) is 18.7 Å². The van der Waals surface area contributed by atoms with Gasteiger partial charge in [-0.3, -0.25) is 4.79 Å². The zero-order valence-electron chi connectivity index (χ0n) is 9.52. The van der Waals surface area contributed by atoms with Gasteiger partial charge in [-0.1, -0.05) is 0 Å². The Balaban J connectivity index is 2.39. The predicted octanol–water partition coefficient (Wildman–Crippen LogP) is 0.990. The number of hydrogen-bond acceptors (Lipinski definition) is 4. The highest BCUT2D eigenvalue weighted by atomic mass is 16.3. The summed E-state index contributed by atoms with van der Waals surface area (Å²) in [4.78, 5) is 11.6. The Morgan fingerprint density at radius 3 is 2.53 bits per heavy atom. The van der Waals surface area contributed by atoms with E-state index >= 15 is 0 Å². The lowest BCUT2D eigenvalue weighted by Gasteiger charge is -2.05. The number of unbranched alkanes of at least 4 members (excludes halogenated alkanes) is 2. The molecule has 0 unspecified atom stereocenters. The van der Waals surface area contributed by atoms with Crippen LogP contribution in [-0.4, -0.2) is 34.4 Å². The van der Waals surface area contributed by atoms with Gasteiger partial charge >= 0.3 is 0 Å². The second kappa shape index (κ2) is 6.75. The fraction of sp³-hybridized carbons (Fsp3) is 0.417. The third-order valence-corrected chi connectivity index (χ3v) is 2.36. The van der Waals surface area contributed by atoms with E-state index in [-0.39, 0.29) is 24.0 Å². The van der Waals surface area contributed by atoms with Crippen LogP contribution in [0.2, 0.25) is 0 Å². The summed E-state index contributed by atoms with van der Waals surface area (Å²) < 4.78 is 0. The molecule has 0 saturated heterocycles. The highest BCUT2D eigenvalue weighted by molar-refractivity contribution is 5.94. The summed E-state index contributed by atoms with van der Waals surface area (Å²) in [5.41, 5.74) is 0.308. The molecule has 0 bridgehead atoms. The van der Waals surface area contributed by atoms with Crippen LogP contribution in [0.4, 0.5) is 0 Å². The van der Waals surface area contributed by atoms with Crippen molar-refractivity contribution in [2.75, 3.05) is 13.2 Å². The monoisotopic (exact) mass is 239 g/mol. The normalized spacial score (nSPS) is 10.2. The van der Waals surface area contributed by atoms with E-state index in [4.69, 9.17) is 10.2 Å². The highest BCUT2D eigenvalue weighted by Crippen LogP contribution is 2.24. The van der Waals surface area contributed by atoms with Crippen molar-refractivity contribution in [1.82, 2.24) is 5.32 Å². The van der Waals surface area contributed by atoms with Gasteiger partial charge in [0.25, 0.3) is 5.91 Å². The van der Waals surface area contributed by atoms with Crippen LogP contribution in [-0.2, 0) is 0 Å². The molecule has 1 aromatic carbocycles. The highest BCUT2D eigenvalue weighted by Gasteiger charge is 2.07. The van der Waals surface area contributed by atoms with E-state index in [1.807, 2.05) is 0 Å². The summed E-state index contributed by atoms with van der Waals surface area (Å²) in [5.74, 6) is -0.841. The van der Waals surface area contributed by atoms with Crippen LogP contribution < -0.4 is 5.32 Å². The van der Waals surface area contributed by atoms with Gasteiger partial charge < -0.3 is 20.6 Å². The number of hydrogen-bond donors (Lipinski definition) is 4. The first-order valence-electron chi connectivity index (χ1n) is 5.56. The molecule has 5 nitrogen and oxygen atoms in total. The molecule has 5 heteroatoms. The molecule has 4 N–H and O–H groups in total. The molecule has 1 amide bonds. The summed E-state index contributed by atoms with van der Waals surface area (Å²) in [7, 11) is 0. The Morgan fingerprint density at radius 2 is 1.88 bits per heavy atom. The third kappa shape index (κ3) is 4.32. The number of amides is 1. The predicted molar refractivity (Wildman–Crippen MR) is 63.0 cm³/mol. The molecule has 1 aromatic rings. The van der Waals surface area contributed by atoms with E-state index in [1.165, 1.54) is 18.2 Å². The Hall–Kier alpha value is -1.75. The van der Waals surface area contributed by atoms with E-state index < -0.39 is 0 Å². The van der Waals surface area contributed by atoms with Gasteiger partial charge in [0.05, 0.1) is 0 Å². The number of benzene rings is 1. The molecule has 0 aliphatic carbocycles. The number of aliphatic hydroxyl groups is 1. The summed E-state index contributed by atoms with van der Waals surface area (Å²) in [5, 5.41) is 29.6. The number of rotatable bonds is 6. The first kappa shape index (κ1) is 13.3. The van der Waals surface area contributed by atoms with Gasteiger partial charge in [0.2, 0.25) is 0 Å². The van der Waals surface area contributed by atoms with Crippen LogP contribution in [0.1, 0.15) is 29.6 Å². The summed E-state index contributed by atoms with van der Waals surface area (Å²) in [6.07, 6.45) is 2.39. The Labute approximate surface area is 99.7 Å². The summed E-state index contributed by atoms with van der Waals surface area (Å²) in [6.45, 7) is 0.695. The molecule has 94 valence electrons. The lowest BCUT2D eigenvalue weighted by atomic mass is 10.2. The van der Waals surface area contributed by atoms with Crippen molar-refractivity contribution in [2.24, 2.45) is 0 Å². The number of aliphatic hydroxyl groups excluding tert-OH is 1. The standard InChI is InChI=1S/C12H17NO4/c14-7-3-1-2-6-13-12(17)9-4-5-10(15)11(16)8-9/h4-5,8,14-16H,1-3,6-7H2,(H,13,17). The molecule has 0 aliphatic heterocycles. The van der Waals surface area contributed by atoms with Gasteiger partial charge in [-0.25, -0.2) is 0 Å². The molecule has 17 heavy (non-hydrogen) atoms. The molecule has 0 spiro atoms. The van der Waals surface area contributed by atoms with E-state index in [0.29, 0.717) is 12.1 Å². The third-order valence-electron chi connectivity index (χ3n) is 2.36. The fourth-order valence-electron chi connectivity index (χ4n) is 1.38. The van der Waals surface area contributed by atoms with Crippen LogP contribution in [0.5, 0.6) is 11.5 Å². The maximum absolute atomic E-state index is 11.6. The molecule has 0 fully saturated rings. The molecule has 0 radical (unpaired) electrons. The largest absolute Gasteiger partial charge is 0.504 e. The van der Waals surface area contributed by atoms with Crippen molar-refractivity contribution >= 4 is 5.91 Å². The van der Waals surface area contributed by atoms with Crippen LogP contribution in [0.25, 0.3) is 0 Å². The SMILES string of the molecule is O=C(NCCCCCO)c1ccc(O)c(O)c1. The van der Waals surface area contributed by atoms with Crippen LogP contribution in [0.3, 0.4) is 0 Å². The van der Waals surface area contributed by atoms with Crippen molar-refractivity contribution in [3.8, 4) is 11.5 Å². The van der Waals surface area contributed by atoms with Crippen molar-refractivity contribution in [3.05, 3.63) is 23.8 Å². The van der Waals surface area contributed by atoms with Gasteiger partial charge in [-0.2, -0.15) is 0 Å². The molecular formula is C12H17NO4. The second-order valence-corrected chi connectivity index (χ2v) is 3.74. The topological polar surface area (TPSA) is 89.8 Å². The average molecular weight is 239 g/mol. The minimum absolute atomic E-state index is 0.166. The molecule has 0 aromatic heterocycles. The number of carbonyl (C=O) groups is 1. The Kier molecular flexibility index (Phi) is 5.29. The molecule has 1 rings (SSSR count).